The standard InChI is InChI=1S/C22H29N3O8S2/c1-31-16-7-9-19(21(13-16)33-3)25(34(4,27)28)15-22(26)23-18-14-17(8-10-20(18)32-2)35(29,30)24-11-5-6-12-24/h7-10,13-14H,5-6,11-12,15H2,1-4H3,(H,23,26). The summed E-state index contributed by atoms with van der Waals surface area (Å²) in [6, 6.07) is 8.68. The monoisotopic (exact) mass is 527 g/mol. The number of carbonyl (C=O) groups is 1. The van der Waals surface area contributed by atoms with Crippen LogP contribution in [0.5, 0.6) is 17.2 Å². The van der Waals surface area contributed by atoms with Crippen molar-refractivity contribution in [3.05, 3.63) is 36.4 Å². The lowest BCUT2D eigenvalue weighted by molar-refractivity contribution is -0.114. The lowest BCUT2D eigenvalue weighted by Gasteiger charge is -2.24. The van der Waals surface area contributed by atoms with Gasteiger partial charge in [0.1, 0.15) is 23.8 Å². The molecule has 35 heavy (non-hydrogen) atoms. The van der Waals surface area contributed by atoms with Gasteiger partial charge >= 0.3 is 0 Å². The fourth-order valence-electron chi connectivity index (χ4n) is 3.71. The van der Waals surface area contributed by atoms with E-state index in [1.54, 1.807) is 6.07 Å². The molecule has 3 rings (SSSR count). The maximum absolute atomic E-state index is 13.0. The Kier molecular flexibility index (Phi) is 8.13. The van der Waals surface area contributed by atoms with E-state index < -0.39 is 32.5 Å². The molecule has 1 amide bonds. The fraction of sp³-hybridized carbons (Fsp3) is 0.409. The number of methoxy groups -OCH3 is 3. The average molecular weight is 528 g/mol. The quantitative estimate of drug-likeness (QED) is 0.496. The van der Waals surface area contributed by atoms with Crippen LogP contribution < -0.4 is 23.8 Å². The highest BCUT2D eigenvalue weighted by molar-refractivity contribution is 7.92. The van der Waals surface area contributed by atoms with Crippen molar-refractivity contribution < 1.29 is 35.8 Å². The van der Waals surface area contributed by atoms with Crippen LogP contribution in [-0.2, 0) is 24.8 Å². The van der Waals surface area contributed by atoms with Gasteiger partial charge in [-0.2, -0.15) is 4.31 Å². The van der Waals surface area contributed by atoms with E-state index in [1.807, 2.05) is 0 Å². The third-order valence-electron chi connectivity index (χ3n) is 5.49. The molecule has 2 aromatic carbocycles. The van der Waals surface area contributed by atoms with Crippen LogP contribution in [0.3, 0.4) is 0 Å². The second-order valence-electron chi connectivity index (χ2n) is 7.83. The highest BCUT2D eigenvalue weighted by atomic mass is 32.2. The minimum absolute atomic E-state index is 0.00675. The largest absolute Gasteiger partial charge is 0.497 e. The Bertz CT molecular complexity index is 1290. The predicted molar refractivity (Wildman–Crippen MR) is 131 cm³/mol. The van der Waals surface area contributed by atoms with Crippen molar-refractivity contribution in [3.63, 3.8) is 0 Å². The molecule has 0 spiro atoms. The van der Waals surface area contributed by atoms with Gasteiger partial charge < -0.3 is 19.5 Å². The lowest BCUT2D eigenvalue weighted by atomic mass is 10.2. The number of hydrogen-bond donors (Lipinski definition) is 1. The van der Waals surface area contributed by atoms with Crippen molar-refractivity contribution in [1.29, 1.82) is 0 Å². The van der Waals surface area contributed by atoms with Gasteiger partial charge in [0.2, 0.25) is 26.0 Å². The Balaban J connectivity index is 1.90. The average Bonchev–Trinajstić information content (AvgIpc) is 3.37. The molecular formula is C22H29N3O8S2. The summed E-state index contributed by atoms with van der Waals surface area (Å²) >= 11 is 0. The Morgan fingerprint density at radius 3 is 2.17 bits per heavy atom. The van der Waals surface area contributed by atoms with Gasteiger partial charge in [-0.05, 0) is 43.2 Å². The number of benzene rings is 2. The van der Waals surface area contributed by atoms with E-state index in [9.17, 15) is 21.6 Å². The number of sulfonamides is 2. The van der Waals surface area contributed by atoms with Crippen molar-refractivity contribution in [2.75, 3.05) is 56.8 Å². The molecule has 0 aliphatic carbocycles. The minimum Gasteiger partial charge on any atom is -0.497 e. The van der Waals surface area contributed by atoms with Crippen LogP contribution >= 0.6 is 0 Å². The molecule has 13 heteroatoms. The number of rotatable bonds is 10. The number of hydrogen-bond acceptors (Lipinski definition) is 8. The van der Waals surface area contributed by atoms with Crippen LogP contribution in [0.15, 0.2) is 41.3 Å². The van der Waals surface area contributed by atoms with Crippen LogP contribution in [0.4, 0.5) is 11.4 Å². The molecule has 1 fully saturated rings. The van der Waals surface area contributed by atoms with E-state index in [-0.39, 0.29) is 27.8 Å². The molecule has 1 saturated heterocycles. The lowest BCUT2D eigenvalue weighted by Crippen LogP contribution is -2.37. The van der Waals surface area contributed by atoms with E-state index >= 15 is 0 Å². The van der Waals surface area contributed by atoms with Crippen LogP contribution in [0.1, 0.15) is 12.8 Å². The van der Waals surface area contributed by atoms with Crippen molar-refractivity contribution in [2.24, 2.45) is 0 Å². The van der Waals surface area contributed by atoms with Gasteiger partial charge in [0, 0.05) is 19.2 Å². The van der Waals surface area contributed by atoms with Gasteiger partial charge in [0.25, 0.3) is 0 Å². The van der Waals surface area contributed by atoms with Crippen LogP contribution in [0.2, 0.25) is 0 Å². The molecule has 0 aromatic heterocycles. The summed E-state index contributed by atoms with van der Waals surface area (Å²) in [5, 5.41) is 2.58. The number of nitrogens with one attached hydrogen (secondary N) is 1. The first-order valence-electron chi connectivity index (χ1n) is 10.7. The molecule has 1 aliphatic heterocycles. The van der Waals surface area contributed by atoms with E-state index in [0.29, 0.717) is 18.8 Å². The summed E-state index contributed by atoms with van der Waals surface area (Å²) in [5.41, 5.74) is 0.246. The smallest absolute Gasteiger partial charge is 0.245 e. The zero-order valence-electron chi connectivity index (χ0n) is 20.0. The Morgan fingerprint density at radius 2 is 1.60 bits per heavy atom. The normalized spacial score (nSPS) is 14.4. The fourth-order valence-corrected chi connectivity index (χ4v) is 6.12. The molecule has 1 aliphatic rings. The Labute approximate surface area is 205 Å². The van der Waals surface area contributed by atoms with Gasteiger partial charge in [0.15, 0.2) is 0 Å². The van der Waals surface area contributed by atoms with Gasteiger partial charge in [-0.1, -0.05) is 0 Å². The molecule has 11 nitrogen and oxygen atoms in total. The van der Waals surface area contributed by atoms with E-state index in [2.05, 4.69) is 5.32 Å². The number of carbonyl (C=O) groups excluding carboxylic acids is 1. The molecule has 0 unspecified atom stereocenters. The van der Waals surface area contributed by atoms with E-state index in [0.717, 1.165) is 23.4 Å². The SMILES string of the molecule is COc1ccc(N(CC(=O)Nc2cc(S(=O)(=O)N3CCCC3)ccc2OC)S(C)(=O)=O)c(OC)c1. The summed E-state index contributed by atoms with van der Waals surface area (Å²) in [7, 11) is -3.42. The second kappa shape index (κ2) is 10.7. The van der Waals surface area contributed by atoms with Crippen molar-refractivity contribution in [1.82, 2.24) is 4.31 Å². The first-order valence-corrected chi connectivity index (χ1v) is 14.0. The number of nitrogens with zero attached hydrogens (tertiary/aromatic N) is 2. The zero-order chi connectivity index (χ0) is 25.8. The van der Waals surface area contributed by atoms with Crippen LogP contribution in [0, 0.1) is 0 Å². The predicted octanol–water partition coefficient (Wildman–Crippen LogP) is 1.90. The zero-order valence-corrected chi connectivity index (χ0v) is 21.6. The third-order valence-corrected chi connectivity index (χ3v) is 8.51. The topological polar surface area (TPSA) is 132 Å². The van der Waals surface area contributed by atoms with Gasteiger partial charge in [-0.15, -0.1) is 0 Å². The molecule has 192 valence electrons. The summed E-state index contributed by atoms with van der Waals surface area (Å²) in [5.74, 6) is 0.164. The highest BCUT2D eigenvalue weighted by Crippen LogP contribution is 2.34. The maximum atomic E-state index is 13.0. The first-order chi connectivity index (χ1) is 16.5. The van der Waals surface area contributed by atoms with E-state index in [1.165, 1.54) is 56.0 Å². The molecule has 2 aromatic rings. The summed E-state index contributed by atoms with van der Waals surface area (Å²) in [4.78, 5) is 13.0. The third kappa shape index (κ3) is 5.97. The summed E-state index contributed by atoms with van der Waals surface area (Å²) in [6.07, 6.45) is 2.54. The molecule has 1 heterocycles. The number of ether oxygens (including phenoxy) is 3. The Morgan fingerprint density at radius 1 is 0.943 bits per heavy atom. The molecule has 0 bridgehead atoms. The second-order valence-corrected chi connectivity index (χ2v) is 11.7. The minimum atomic E-state index is -3.90. The molecule has 0 atom stereocenters. The molecule has 0 radical (unpaired) electrons. The van der Waals surface area contributed by atoms with Crippen molar-refractivity contribution in [3.8, 4) is 17.2 Å². The number of amides is 1. The Hall–Kier alpha value is -3.03. The first kappa shape index (κ1) is 26.6. The van der Waals surface area contributed by atoms with Crippen molar-refractivity contribution in [2.45, 2.75) is 17.7 Å². The molecular weight excluding hydrogens is 498 g/mol. The van der Waals surface area contributed by atoms with Crippen LogP contribution in [0.25, 0.3) is 0 Å². The summed E-state index contributed by atoms with van der Waals surface area (Å²) in [6.45, 7) is 0.278. The van der Waals surface area contributed by atoms with E-state index in [4.69, 9.17) is 14.2 Å². The molecule has 0 saturated carbocycles. The van der Waals surface area contributed by atoms with Gasteiger partial charge in [-0.3, -0.25) is 9.10 Å². The van der Waals surface area contributed by atoms with Gasteiger partial charge in [-0.25, -0.2) is 16.8 Å². The highest BCUT2D eigenvalue weighted by Gasteiger charge is 2.29. The van der Waals surface area contributed by atoms with Crippen LogP contribution in [-0.4, -0.2) is 74.3 Å². The number of anilines is 2. The molecule has 1 N–H and O–H groups in total. The summed E-state index contributed by atoms with van der Waals surface area (Å²) < 4.78 is 69.0. The van der Waals surface area contributed by atoms with Crippen molar-refractivity contribution >= 4 is 37.3 Å². The maximum Gasteiger partial charge on any atom is 0.245 e. The van der Waals surface area contributed by atoms with Gasteiger partial charge in [0.05, 0.1) is 43.9 Å².